The number of likely N-dealkylation sites (tertiary alicyclic amines) is 1. The van der Waals surface area contributed by atoms with E-state index in [0.717, 1.165) is 11.3 Å². The Morgan fingerprint density at radius 2 is 1.72 bits per heavy atom. The van der Waals surface area contributed by atoms with Crippen molar-refractivity contribution in [2.45, 2.75) is 26.7 Å². The highest BCUT2D eigenvalue weighted by atomic mass is 16.5. The number of piperidine rings is 1. The molecule has 0 radical (unpaired) electrons. The van der Waals surface area contributed by atoms with Gasteiger partial charge in [0.2, 0.25) is 5.91 Å². The lowest BCUT2D eigenvalue weighted by Crippen LogP contribution is -2.43. The highest BCUT2D eigenvalue weighted by molar-refractivity contribution is 5.93. The summed E-state index contributed by atoms with van der Waals surface area (Å²) in [6, 6.07) is 13.2. The zero-order valence-corrected chi connectivity index (χ0v) is 17.2. The van der Waals surface area contributed by atoms with E-state index in [-0.39, 0.29) is 24.3 Å². The summed E-state index contributed by atoms with van der Waals surface area (Å²) in [7, 11) is 1.57. The summed E-state index contributed by atoms with van der Waals surface area (Å²) >= 11 is 0. The van der Waals surface area contributed by atoms with E-state index in [9.17, 15) is 9.59 Å². The van der Waals surface area contributed by atoms with Gasteiger partial charge in [-0.15, -0.1) is 0 Å². The van der Waals surface area contributed by atoms with Gasteiger partial charge < -0.3 is 19.7 Å². The van der Waals surface area contributed by atoms with Crippen LogP contribution in [0.2, 0.25) is 0 Å². The van der Waals surface area contributed by atoms with Crippen LogP contribution < -0.4 is 14.8 Å². The number of methoxy groups -OCH3 is 1. The molecule has 1 fully saturated rings. The van der Waals surface area contributed by atoms with Crippen LogP contribution in [-0.4, -0.2) is 43.5 Å². The lowest BCUT2D eigenvalue weighted by molar-refractivity contribution is -0.136. The van der Waals surface area contributed by atoms with E-state index in [0.29, 0.717) is 37.4 Å². The monoisotopic (exact) mass is 396 g/mol. The molecule has 0 aliphatic carbocycles. The van der Waals surface area contributed by atoms with Gasteiger partial charge in [-0.05, 0) is 62.1 Å². The molecule has 0 spiro atoms. The molecule has 0 bridgehead atoms. The summed E-state index contributed by atoms with van der Waals surface area (Å²) in [5.41, 5.74) is 3.17. The predicted octanol–water partition coefficient (Wildman–Crippen LogP) is 3.57. The van der Waals surface area contributed by atoms with Gasteiger partial charge in [0.25, 0.3) is 5.91 Å². The third kappa shape index (κ3) is 5.28. The second kappa shape index (κ2) is 9.45. The first-order chi connectivity index (χ1) is 14.0. The van der Waals surface area contributed by atoms with Crippen LogP contribution in [0.15, 0.2) is 42.5 Å². The fourth-order valence-corrected chi connectivity index (χ4v) is 3.42. The van der Waals surface area contributed by atoms with Crippen molar-refractivity contribution in [3.63, 3.8) is 0 Å². The SMILES string of the molecule is COc1ccccc1OCC(=O)N1CCC(C(=O)Nc2ccc(C)c(C)c2)CC1. The molecule has 2 amide bonds. The third-order valence-corrected chi connectivity index (χ3v) is 5.41. The van der Waals surface area contributed by atoms with Gasteiger partial charge in [-0.3, -0.25) is 9.59 Å². The zero-order valence-electron chi connectivity index (χ0n) is 17.2. The molecule has 6 heteroatoms. The Morgan fingerprint density at radius 1 is 1.03 bits per heavy atom. The number of hydrogen-bond acceptors (Lipinski definition) is 4. The molecule has 3 rings (SSSR count). The number of anilines is 1. The number of carbonyl (C=O) groups is 2. The van der Waals surface area contributed by atoms with Crippen LogP contribution in [-0.2, 0) is 9.59 Å². The summed E-state index contributed by atoms with van der Waals surface area (Å²) in [6.07, 6.45) is 1.30. The van der Waals surface area contributed by atoms with Gasteiger partial charge in [0.1, 0.15) is 0 Å². The normalized spacial score (nSPS) is 14.4. The fourth-order valence-electron chi connectivity index (χ4n) is 3.42. The predicted molar refractivity (Wildman–Crippen MR) is 112 cm³/mol. The van der Waals surface area contributed by atoms with Crippen LogP contribution in [0.5, 0.6) is 11.5 Å². The van der Waals surface area contributed by atoms with Gasteiger partial charge in [-0.1, -0.05) is 18.2 Å². The largest absolute Gasteiger partial charge is 0.493 e. The third-order valence-electron chi connectivity index (χ3n) is 5.41. The standard InChI is InChI=1S/C23H28N2O4/c1-16-8-9-19(14-17(16)2)24-23(27)18-10-12-25(13-11-18)22(26)15-29-21-7-5-4-6-20(21)28-3/h4-9,14,18H,10-13,15H2,1-3H3,(H,24,27). The Morgan fingerprint density at radius 3 is 2.38 bits per heavy atom. The summed E-state index contributed by atoms with van der Waals surface area (Å²) in [5, 5.41) is 3.00. The van der Waals surface area contributed by atoms with Gasteiger partial charge in [0.05, 0.1) is 7.11 Å². The Bertz CT molecular complexity index is 873. The number of para-hydroxylation sites is 2. The zero-order chi connectivity index (χ0) is 20.8. The highest BCUT2D eigenvalue weighted by Gasteiger charge is 2.27. The maximum absolute atomic E-state index is 12.6. The van der Waals surface area contributed by atoms with Crippen molar-refractivity contribution in [2.24, 2.45) is 5.92 Å². The molecule has 2 aromatic carbocycles. The van der Waals surface area contributed by atoms with Crippen molar-refractivity contribution in [1.29, 1.82) is 0 Å². The average molecular weight is 396 g/mol. The minimum absolute atomic E-state index is 0.0191. The molecule has 154 valence electrons. The molecule has 0 unspecified atom stereocenters. The number of rotatable bonds is 6. The smallest absolute Gasteiger partial charge is 0.260 e. The number of nitrogens with zero attached hydrogens (tertiary/aromatic N) is 1. The van der Waals surface area contributed by atoms with Gasteiger partial charge in [0.15, 0.2) is 18.1 Å². The Hall–Kier alpha value is -3.02. The molecule has 2 aromatic rings. The Balaban J connectivity index is 1.47. The van der Waals surface area contributed by atoms with Crippen molar-refractivity contribution >= 4 is 17.5 Å². The quantitative estimate of drug-likeness (QED) is 0.811. The molecule has 1 N–H and O–H groups in total. The summed E-state index contributed by atoms with van der Waals surface area (Å²) < 4.78 is 10.9. The minimum Gasteiger partial charge on any atom is -0.493 e. The van der Waals surface area contributed by atoms with E-state index in [4.69, 9.17) is 9.47 Å². The first kappa shape index (κ1) is 20.7. The van der Waals surface area contributed by atoms with Gasteiger partial charge in [-0.25, -0.2) is 0 Å². The van der Waals surface area contributed by atoms with E-state index in [1.807, 2.05) is 44.2 Å². The van der Waals surface area contributed by atoms with Crippen LogP contribution in [0.3, 0.4) is 0 Å². The molecule has 1 aliphatic rings. The van der Waals surface area contributed by atoms with Crippen LogP contribution in [0, 0.1) is 19.8 Å². The molecule has 1 heterocycles. The number of aryl methyl sites for hydroxylation is 2. The first-order valence-corrected chi connectivity index (χ1v) is 9.89. The minimum atomic E-state index is -0.0872. The fraction of sp³-hybridized carbons (Fsp3) is 0.391. The number of amides is 2. The maximum Gasteiger partial charge on any atom is 0.260 e. The second-order valence-electron chi connectivity index (χ2n) is 7.38. The van der Waals surface area contributed by atoms with E-state index in [2.05, 4.69) is 5.32 Å². The number of benzene rings is 2. The highest BCUT2D eigenvalue weighted by Crippen LogP contribution is 2.26. The number of ether oxygens (including phenoxy) is 2. The molecular formula is C23H28N2O4. The summed E-state index contributed by atoms with van der Waals surface area (Å²) in [6.45, 7) is 5.14. The van der Waals surface area contributed by atoms with Gasteiger partial charge >= 0.3 is 0 Å². The topological polar surface area (TPSA) is 67.9 Å². The number of carbonyl (C=O) groups excluding carboxylic acids is 2. The number of nitrogens with one attached hydrogen (secondary N) is 1. The van der Waals surface area contributed by atoms with E-state index in [1.165, 1.54) is 5.56 Å². The molecule has 1 aliphatic heterocycles. The van der Waals surface area contributed by atoms with E-state index in [1.54, 1.807) is 24.1 Å². The molecule has 0 aromatic heterocycles. The van der Waals surface area contributed by atoms with Crippen LogP contribution in [0.4, 0.5) is 5.69 Å². The van der Waals surface area contributed by atoms with Crippen LogP contribution in [0.1, 0.15) is 24.0 Å². The Kier molecular flexibility index (Phi) is 6.75. The van der Waals surface area contributed by atoms with Crippen molar-refractivity contribution in [3.05, 3.63) is 53.6 Å². The summed E-state index contributed by atoms with van der Waals surface area (Å²) in [4.78, 5) is 26.8. The first-order valence-electron chi connectivity index (χ1n) is 9.89. The molecule has 29 heavy (non-hydrogen) atoms. The van der Waals surface area contributed by atoms with Crippen molar-refractivity contribution in [1.82, 2.24) is 4.90 Å². The van der Waals surface area contributed by atoms with Crippen LogP contribution in [0.25, 0.3) is 0 Å². The molecule has 1 saturated heterocycles. The second-order valence-corrected chi connectivity index (χ2v) is 7.38. The van der Waals surface area contributed by atoms with Gasteiger partial charge in [-0.2, -0.15) is 0 Å². The lowest BCUT2D eigenvalue weighted by Gasteiger charge is -2.31. The van der Waals surface area contributed by atoms with E-state index >= 15 is 0 Å². The molecular weight excluding hydrogens is 368 g/mol. The molecule has 6 nitrogen and oxygen atoms in total. The number of hydrogen-bond donors (Lipinski definition) is 1. The van der Waals surface area contributed by atoms with Crippen molar-refractivity contribution < 1.29 is 19.1 Å². The average Bonchev–Trinajstić information content (AvgIpc) is 2.75. The Labute approximate surface area is 171 Å². The molecule has 0 saturated carbocycles. The van der Waals surface area contributed by atoms with E-state index < -0.39 is 0 Å². The summed E-state index contributed by atoms with van der Waals surface area (Å²) in [5.74, 6) is 0.998. The van der Waals surface area contributed by atoms with Crippen molar-refractivity contribution in [3.8, 4) is 11.5 Å². The van der Waals surface area contributed by atoms with Gasteiger partial charge in [0, 0.05) is 24.7 Å². The lowest BCUT2D eigenvalue weighted by atomic mass is 9.95. The molecule has 0 atom stereocenters. The van der Waals surface area contributed by atoms with Crippen molar-refractivity contribution in [2.75, 3.05) is 32.1 Å². The maximum atomic E-state index is 12.6. The van der Waals surface area contributed by atoms with Crippen LogP contribution >= 0.6 is 0 Å².